The molecule has 0 aliphatic rings. The third-order valence-electron chi connectivity index (χ3n) is 2.89. The zero-order chi connectivity index (χ0) is 18.0. The van der Waals surface area contributed by atoms with E-state index in [-0.39, 0.29) is 12.4 Å². The van der Waals surface area contributed by atoms with Crippen LogP contribution < -0.4 is 5.14 Å². The average molecular weight is 357 g/mol. The molecule has 0 radical (unpaired) electrons. The number of aliphatic hydroxyl groups excluding tert-OH is 1. The van der Waals surface area contributed by atoms with Gasteiger partial charge in [-0.3, -0.25) is 4.18 Å². The molecule has 0 atom stereocenters. The van der Waals surface area contributed by atoms with Gasteiger partial charge in [0, 0.05) is 5.56 Å². The highest BCUT2D eigenvalue weighted by molar-refractivity contribution is 7.84. The van der Waals surface area contributed by atoms with Crippen molar-refractivity contribution < 1.29 is 27.2 Å². The lowest BCUT2D eigenvalue weighted by Crippen LogP contribution is -2.16. The van der Waals surface area contributed by atoms with E-state index in [1.165, 1.54) is 6.07 Å². The van der Waals surface area contributed by atoms with Gasteiger partial charge in [0.15, 0.2) is 6.29 Å². The van der Waals surface area contributed by atoms with Crippen LogP contribution in [0.4, 0.5) is 4.39 Å². The molecule has 2 aromatic carbocycles. The van der Waals surface area contributed by atoms with Gasteiger partial charge in [-0.25, -0.2) is 9.53 Å². The summed E-state index contributed by atoms with van der Waals surface area (Å²) in [4.78, 5) is 0. The summed E-state index contributed by atoms with van der Waals surface area (Å²) in [5, 5.41) is 21.8. The molecule has 24 heavy (non-hydrogen) atoms. The monoisotopic (exact) mass is 357 g/mol. The Hall–Kier alpha value is -1.84. The second kappa shape index (κ2) is 10.1. The molecule has 0 aliphatic heterocycles. The lowest BCUT2D eigenvalue weighted by atomic mass is 10.1. The van der Waals surface area contributed by atoms with Gasteiger partial charge >= 0.3 is 10.3 Å². The van der Waals surface area contributed by atoms with Gasteiger partial charge in [-0.15, -0.1) is 0 Å². The predicted octanol–water partition coefficient (Wildman–Crippen LogP) is 1.65. The number of aryl methyl sites for hydroxylation is 1. The number of hydrogen-bond donors (Lipinski definition) is 3. The predicted molar refractivity (Wildman–Crippen MR) is 87.4 cm³/mol. The second-order valence-electron chi connectivity index (χ2n) is 4.79. The summed E-state index contributed by atoms with van der Waals surface area (Å²) in [5.74, 6) is -0.298. The minimum absolute atomic E-state index is 0.0346. The van der Waals surface area contributed by atoms with E-state index < -0.39 is 16.6 Å². The Bertz CT molecular complexity index is 707. The summed E-state index contributed by atoms with van der Waals surface area (Å²) in [6, 6.07) is 15.0. The van der Waals surface area contributed by atoms with Gasteiger partial charge < -0.3 is 10.2 Å². The van der Waals surface area contributed by atoms with Crippen molar-refractivity contribution in [3.63, 3.8) is 0 Å². The van der Waals surface area contributed by atoms with E-state index in [0.29, 0.717) is 24.0 Å². The Morgan fingerprint density at radius 3 is 2.12 bits per heavy atom. The molecule has 0 aliphatic carbocycles. The van der Waals surface area contributed by atoms with Gasteiger partial charge in [0.05, 0.1) is 6.61 Å². The first-order chi connectivity index (χ1) is 11.3. The van der Waals surface area contributed by atoms with Crippen molar-refractivity contribution in [3.8, 4) is 0 Å². The molecule has 0 amide bonds. The number of rotatable bonds is 6. The van der Waals surface area contributed by atoms with Crippen LogP contribution in [0.25, 0.3) is 0 Å². The van der Waals surface area contributed by atoms with Crippen molar-refractivity contribution in [2.75, 3.05) is 6.61 Å². The number of aliphatic hydroxyl groups is 2. The van der Waals surface area contributed by atoms with Gasteiger partial charge in [0.2, 0.25) is 0 Å². The van der Waals surface area contributed by atoms with E-state index in [0.717, 1.165) is 0 Å². The van der Waals surface area contributed by atoms with Gasteiger partial charge in [0.25, 0.3) is 0 Å². The highest BCUT2D eigenvalue weighted by atomic mass is 32.2. The minimum atomic E-state index is -3.88. The van der Waals surface area contributed by atoms with Crippen molar-refractivity contribution in [1.82, 2.24) is 0 Å². The first-order valence-corrected chi connectivity index (χ1v) is 8.58. The van der Waals surface area contributed by atoms with E-state index in [1.807, 2.05) is 6.07 Å². The maximum absolute atomic E-state index is 13.1. The maximum atomic E-state index is 13.1. The SMILES string of the molecule is NS(=O)(=O)OCCCc1ccccc1F.OC(O)c1ccccc1. The van der Waals surface area contributed by atoms with E-state index >= 15 is 0 Å². The molecule has 0 bridgehead atoms. The van der Waals surface area contributed by atoms with E-state index in [2.05, 4.69) is 9.32 Å². The van der Waals surface area contributed by atoms with Crippen molar-refractivity contribution in [1.29, 1.82) is 0 Å². The molecular formula is C16H20FNO5S. The molecule has 4 N–H and O–H groups in total. The van der Waals surface area contributed by atoms with Crippen molar-refractivity contribution in [3.05, 3.63) is 71.5 Å². The molecular weight excluding hydrogens is 337 g/mol. The summed E-state index contributed by atoms with van der Waals surface area (Å²) in [7, 11) is -3.88. The summed E-state index contributed by atoms with van der Waals surface area (Å²) in [6.45, 7) is -0.0346. The Labute approximate surface area is 140 Å². The fourth-order valence-corrected chi connectivity index (χ4v) is 2.11. The van der Waals surface area contributed by atoms with Gasteiger partial charge in [-0.05, 0) is 24.5 Å². The van der Waals surface area contributed by atoms with Crippen LogP contribution in [-0.4, -0.2) is 25.2 Å². The first kappa shape index (κ1) is 20.2. The topological polar surface area (TPSA) is 110 Å². The molecule has 132 valence electrons. The zero-order valence-corrected chi connectivity index (χ0v) is 13.7. The third kappa shape index (κ3) is 8.70. The highest BCUT2D eigenvalue weighted by Gasteiger charge is 2.03. The lowest BCUT2D eigenvalue weighted by Gasteiger charge is -2.02. The number of benzene rings is 2. The molecule has 0 spiro atoms. The Morgan fingerprint density at radius 2 is 1.62 bits per heavy atom. The molecule has 2 rings (SSSR count). The number of halogens is 1. The van der Waals surface area contributed by atoms with Gasteiger partial charge in [0.1, 0.15) is 5.82 Å². The summed E-state index contributed by atoms with van der Waals surface area (Å²) >= 11 is 0. The maximum Gasteiger partial charge on any atom is 0.333 e. The van der Waals surface area contributed by atoms with Crippen LogP contribution in [0.1, 0.15) is 23.8 Å². The van der Waals surface area contributed by atoms with Crippen LogP contribution in [0.15, 0.2) is 54.6 Å². The number of nitrogens with two attached hydrogens (primary N) is 1. The molecule has 0 heterocycles. The third-order valence-corrected chi connectivity index (χ3v) is 3.39. The summed E-state index contributed by atoms with van der Waals surface area (Å²) in [5.41, 5.74) is 1.06. The molecule has 0 fully saturated rings. The van der Waals surface area contributed by atoms with E-state index in [1.54, 1.807) is 42.5 Å². The second-order valence-corrected chi connectivity index (χ2v) is 6.02. The molecule has 0 saturated heterocycles. The zero-order valence-electron chi connectivity index (χ0n) is 12.9. The van der Waals surface area contributed by atoms with Crippen LogP contribution >= 0.6 is 0 Å². The van der Waals surface area contributed by atoms with Crippen molar-refractivity contribution >= 4 is 10.3 Å². The number of hydrogen-bond acceptors (Lipinski definition) is 5. The highest BCUT2D eigenvalue weighted by Crippen LogP contribution is 2.09. The smallest absolute Gasteiger partial charge is 0.333 e. The van der Waals surface area contributed by atoms with E-state index in [9.17, 15) is 12.8 Å². The molecule has 6 nitrogen and oxygen atoms in total. The van der Waals surface area contributed by atoms with Gasteiger partial charge in [-0.1, -0.05) is 48.5 Å². The molecule has 0 unspecified atom stereocenters. The largest absolute Gasteiger partial charge is 0.364 e. The quantitative estimate of drug-likeness (QED) is 0.538. The lowest BCUT2D eigenvalue weighted by molar-refractivity contribution is -0.0424. The molecule has 8 heteroatoms. The van der Waals surface area contributed by atoms with Crippen molar-refractivity contribution in [2.24, 2.45) is 5.14 Å². The normalized spacial score (nSPS) is 11.0. The fraction of sp³-hybridized carbons (Fsp3) is 0.250. The van der Waals surface area contributed by atoms with Crippen LogP contribution in [0.3, 0.4) is 0 Å². The van der Waals surface area contributed by atoms with Gasteiger partial charge in [-0.2, -0.15) is 8.42 Å². The van der Waals surface area contributed by atoms with Crippen LogP contribution in [0.2, 0.25) is 0 Å². The Balaban J connectivity index is 0.000000272. The molecule has 0 aromatic heterocycles. The summed E-state index contributed by atoms with van der Waals surface area (Å²) in [6.07, 6.45) is -0.522. The van der Waals surface area contributed by atoms with Crippen LogP contribution in [-0.2, 0) is 20.9 Å². The van der Waals surface area contributed by atoms with E-state index in [4.69, 9.17) is 10.2 Å². The molecule has 2 aromatic rings. The first-order valence-electron chi connectivity index (χ1n) is 7.11. The Morgan fingerprint density at radius 1 is 1.04 bits per heavy atom. The van der Waals surface area contributed by atoms with Crippen LogP contribution in [0, 0.1) is 5.82 Å². The Kier molecular flexibility index (Phi) is 8.51. The molecule has 0 saturated carbocycles. The average Bonchev–Trinajstić information content (AvgIpc) is 2.54. The van der Waals surface area contributed by atoms with Crippen LogP contribution in [0.5, 0.6) is 0 Å². The minimum Gasteiger partial charge on any atom is -0.364 e. The standard InChI is InChI=1S/C9H12FNO3S.C7H8O2/c10-9-6-2-1-4-8(9)5-3-7-14-15(11,12)13;8-7(9)6-4-2-1-3-5-6/h1-2,4,6H,3,5,7H2,(H2,11,12,13);1-5,7-9H. The van der Waals surface area contributed by atoms with Crippen molar-refractivity contribution in [2.45, 2.75) is 19.1 Å². The summed E-state index contributed by atoms with van der Waals surface area (Å²) < 4.78 is 38.2. The fourth-order valence-electron chi connectivity index (χ4n) is 1.76.